The number of rotatable bonds is 31. The molecule has 0 nitrogen and oxygen atoms in total. The van der Waals surface area contributed by atoms with Crippen molar-refractivity contribution in [1.29, 1.82) is 0 Å². The van der Waals surface area contributed by atoms with E-state index >= 15 is 0 Å². The van der Waals surface area contributed by atoms with Crippen LogP contribution in [-0.4, -0.2) is 8.80 Å². The molecule has 0 heterocycles. The molecule has 1 rings (SSSR count). The lowest BCUT2D eigenvalue weighted by molar-refractivity contribution is 0.529. The third-order valence-electron chi connectivity index (χ3n) is 8.89. The van der Waals surface area contributed by atoms with E-state index < -0.39 is 8.80 Å². The van der Waals surface area contributed by atoms with E-state index in [-0.39, 0.29) is 0 Å². The van der Waals surface area contributed by atoms with Crippen LogP contribution in [0.4, 0.5) is 0 Å². The van der Waals surface area contributed by atoms with E-state index in [2.05, 4.69) is 68.5 Å². The van der Waals surface area contributed by atoms with Gasteiger partial charge in [0.25, 0.3) is 0 Å². The Hall–Kier alpha value is -1.08. The van der Waals surface area contributed by atoms with Crippen LogP contribution in [0.5, 0.6) is 0 Å². The summed E-state index contributed by atoms with van der Waals surface area (Å²) in [5.41, 5.74) is 1.51. The van der Waals surface area contributed by atoms with E-state index in [1.165, 1.54) is 178 Å². The van der Waals surface area contributed by atoms with Gasteiger partial charge in [0.05, 0.1) is 0 Å². The average Bonchev–Trinajstić information content (AvgIpc) is 3.00. The number of unbranched alkanes of at least 4 members (excludes halogenated alkanes) is 21. The van der Waals surface area contributed by atoms with E-state index in [9.17, 15) is 0 Å². The minimum atomic E-state index is -0.632. The second kappa shape index (κ2) is 31.8. The van der Waals surface area contributed by atoms with Gasteiger partial charge in [-0.1, -0.05) is 197 Å². The van der Waals surface area contributed by atoms with Crippen molar-refractivity contribution in [2.75, 3.05) is 0 Å². The predicted octanol–water partition coefficient (Wildman–Crippen LogP) is 14.0. The van der Waals surface area contributed by atoms with Crippen LogP contribution in [0.25, 0.3) is 0 Å². The van der Waals surface area contributed by atoms with Crippen molar-refractivity contribution in [3.63, 3.8) is 0 Å². The molecule has 0 bridgehead atoms. The zero-order chi connectivity index (χ0) is 29.3. The molecule has 0 spiro atoms. The molecule has 0 radical (unpaired) electrons. The molecular formula is C40H72Si. The number of aryl methyl sites for hydroxylation is 1. The molecule has 0 aromatic heterocycles. The summed E-state index contributed by atoms with van der Waals surface area (Å²) in [6.45, 7) is 4.61. The Balaban J connectivity index is 1.92. The summed E-state index contributed by atoms with van der Waals surface area (Å²) in [6, 6.07) is 15.4. The summed E-state index contributed by atoms with van der Waals surface area (Å²) in [7, 11) is -0.632. The first kappa shape index (κ1) is 37.9. The van der Waals surface area contributed by atoms with Gasteiger partial charge in [-0.3, -0.25) is 0 Å². The van der Waals surface area contributed by atoms with Crippen molar-refractivity contribution in [2.24, 2.45) is 0 Å². The van der Waals surface area contributed by atoms with E-state index in [0.717, 1.165) is 0 Å². The average molecular weight is 581 g/mol. The van der Waals surface area contributed by atoms with Gasteiger partial charge >= 0.3 is 0 Å². The highest BCUT2D eigenvalue weighted by molar-refractivity contribution is 6.59. The van der Waals surface area contributed by atoms with Crippen LogP contribution in [0.1, 0.15) is 174 Å². The maximum absolute atomic E-state index is 2.56. The molecule has 236 valence electrons. The molecule has 41 heavy (non-hydrogen) atoms. The topological polar surface area (TPSA) is 0 Å². The zero-order valence-corrected chi connectivity index (χ0v) is 29.2. The van der Waals surface area contributed by atoms with Gasteiger partial charge in [0.1, 0.15) is 0 Å². The van der Waals surface area contributed by atoms with Crippen molar-refractivity contribution >= 4 is 8.80 Å². The third-order valence-corrected chi connectivity index (χ3v) is 12.0. The Morgan fingerprint density at radius 1 is 0.439 bits per heavy atom. The number of hydrogen-bond donors (Lipinski definition) is 0. The van der Waals surface area contributed by atoms with E-state index in [4.69, 9.17) is 0 Å². The van der Waals surface area contributed by atoms with Crippen molar-refractivity contribution in [3.8, 4) is 0 Å². The Morgan fingerprint density at radius 3 is 1.29 bits per heavy atom. The maximum atomic E-state index is 2.56. The highest BCUT2D eigenvalue weighted by atomic mass is 28.3. The van der Waals surface area contributed by atoms with E-state index in [0.29, 0.717) is 0 Å². The molecule has 0 amide bonds. The molecule has 0 fully saturated rings. The minimum Gasteiger partial charge on any atom is -0.0914 e. The molecule has 0 aliphatic carbocycles. The summed E-state index contributed by atoms with van der Waals surface area (Å²) in [5.74, 6) is 0. The lowest BCUT2D eigenvalue weighted by atomic mass is 10.0. The Labute approximate surface area is 260 Å². The summed E-state index contributed by atoms with van der Waals surface area (Å²) < 4.78 is 0. The quantitative estimate of drug-likeness (QED) is 0.0465. The number of allylic oxidation sites excluding steroid dienone is 4. The van der Waals surface area contributed by atoms with Gasteiger partial charge in [0.2, 0.25) is 0 Å². The summed E-state index contributed by atoms with van der Waals surface area (Å²) in [5, 5.41) is 0. The molecule has 0 atom stereocenters. The molecule has 1 aromatic rings. The smallest absolute Gasteiger partial charge is 0.0443 e. The van der Waals surface area contributed by atoms with Gasteiger partial charge < -0.3 is 0 Å². The van der Waals surface area contributed by atoms with Crippen LogP contribution in [-0.2, 0) is 6.42 Å². The standard InChI is InChI=1S/C40H72Si/c1-3-5-7-9-24-31-37-41(38-32-25-10-8-6-4-2)39-33-26-22-20-18-16-14-12-11-13-15-17-19-21-23-28-34-40-35-29-27-30-36-40/h24-25,27,29-32,35-36,41H,3-23,26,28,33-34,37-39H2,1-2H3. The Kier molecular flexibility index (Phi) is 29.5. The molecule has 0 aliphatic heterocycles. The molecule has 0 unspecified atom stereocenters. The minimum absolute atomic E-state index is 0.632. The van der Waals surface area contributed by atoms with E-state index in [1.54, 1.807) is 6.04 Å². The number of benzene rings is 1. The predicted molar refractivity (Wildman–Crippen MR) is 192 cm³/mol. The van der Waals surface area contributed by atoms with Crippen LogP contribution in [0.2, 0.25) is 18.1 Å². The maximum Gasteiger partial charge on any atom is 0.0443 e. The number of hydrogen-bond acceptors (Lipinski definition) is 0. The largest absolute Gasteiger partial charge is 0.0914 e. The molecular weight excluding hydrogens is 509 g/mol. The molecule has 0 saturated heterocycles. The second-order valence-corrected chi connectivity index (χ2v) is 16.2. The lowest BCUT2D eigenvalue weighted by Gasteiger charge is -2.11. The van der Waals surface area contributed by atoms with Crippen molar-refractivity contribution in [3.05, 3.63) is 60.2 Å². The fourth-order valence-electron chi connectivity index (χ4n) is 6.05. The Bertz CT molecular complexity index is 653. The third kappa shape index (κ3) is 27.5. The molecule has 0 saturated carbocycles. The summed E-state index contributed by atoms with van der Waals surface area (Å²) >= 11 is 0. The first-order valence-corrected chi connectivity index (χ1v) is 21.2. The first-order chi connectivity index (χ1) is 20.4. The fraction of sp³-hybridized carbons (Fsp3) is 0.750. The van der Waals surface area contributed by atoms with Gasteiger partial charge in [-0.15, -0.1) is 0 Å². The van der Waals surface area contributed by atoms with Gasteiger partial charge in [-0.2, -0.15) is 0 Å². The Morgan fingerprint density at radius 2 is 0.854 bits per heavy atom. The highest BCUT2D eigenvalue weighted by Gasteiger charge is 2.07. The first-order valence-electron chi connectivity index (χ1n) is 18.7. The molecule has 1 aromatic carbocycles. The van der Waals surface area contributed by atoms with E-state index in [1.807, 2.05) is 0 Å². The van der Waals surface area contributed by atoms with Crippen molar-refractivity contribution < 1.29 is 0 Å². The second-order valence-electron chi connectivity index (χ2n) is 13.0. The van der Waals surface area contributed by atoms with Crippen LogP contribution in [0, 0.1) is 0 Å². The van der Waals surface area contributed by atoms with Gasteiger partial charge in [0, 0.05) is 8.80 Å². The molecule has 0 N–H and O–H groups in total. The SMILES string of the molecule is CCCCCC=CC[SiH](CC=CCCCCC)CCCCCCCCCCCCCCCCCCc1ccccc1. The van der Waals surface area contributed by atoms with Gasteiger partial charge in [0.15, 0.2) is 0 Å². The van der Waals surface area contributed by atoms with Crippen LogP contribution in [0.15, 0.2) is 54.6 Å². The monoisotopic (exact) mass is 581 g/mol. The van der Waals surface area contributed by atoms with Gasteiger partial charge in [-0.05, 0) is 56.2 Å². The fourth-order valence-corrected chi connectivity index (χ4v) is 8.74. The normalized spacial score (nSPS) is 12.6. The summed E-state index contributed by atoms with van der Waals surface area (Å²) in [4.78, 5) is 0. The summed E-state index contributed by atoms with van der Waals surface area (Å²) in [6.07, 6.45) is 45.6. The van der Waals surface area contributed by atoms with Crippen LogP contribution >= 0.6 is 0 Å². The zero-order valence-electron chi connectivity index (χ0n) is 28.1. The highest BCUT2D eigenvalue weighted by Crippen LogP contribution is 2.17. The van der Waals surface area contributed by atoms with Crippen LogP contribution < -0.4 is 0 Å². The molecule has 1 heteroatoms. The van der Waals surface area contributed by atoms with Gasteiger partial charge in [-0.25, -0.2) is 0 Å². The van der Waals surface area contributed by atoms with Crippen molar-refractivity contribution in [1.82, 2.24) is 0 Å². The van der Waals surface area contributed by atoms with Crippen LogP contribution in [0.3, 0.4) is 0 Å². The van der Waals surface area contributed by atoms with Crippen molar-refractivity contribution in [2.45, 2.75) is 193 Å². The molecule has 0 aliphatic rings. The lowest BCUT2D eigenvalue weighted by Crippen LogP contribution is -2.09.